The third-order valence-corrected chi connectivity index (χ3v) is 3.71. The zero-order valence-corrected chi connectivity index (χ0v) is 12.0. The molecule has 0 saturated carbocycles. The smallest absolute Gasteiger partial charge is 0.370 e. The third kappa shape index (κ3) is 2.57. The summed E-state index contributed by atoms with van der Waals surface area (Å²) in [6.07, 6.45) is 1.96. The molecule has 0 N–H and O–H groups in total. The summed E-state index contributed by atoms with van der Waals surface area (Å²) < 4.78 is 0. The van der Waals surface area contributed by atoms with Crippen LogP contribution in [0.25, 0.3) is 11.1 Å². The maximum absolute atomic E-state index is 4.32. The molecule has 1 aliphatic rings. The molecule has 20 heavy (non-hydrogen) atoms. The van der Waals surface area contributed by atoms with Gasteiger partial charge in [-0.2, -0.15) is 0 Å². The summed E-state index contributed by atoms with van der Waals surface area (Å²) in [7, 11) is 0. The van der Waals surface area contributed by atoms with E-state index in [4.69, 9.17) is 0 Å². The number of rotatable bonds is 3. The Morgan fingerprint density at radius 1 is 1.15 bits per heavy atom. The van der Waals surface area contributed by atoms with Gasteiger partial charge >= 0.3 is 18.9 Å². The van der Waals surface area contributed by atoms with Crippen LogP contribution in [-0.2, 0) is 0 Å². The Labute approximate surface area is 133 Å². The summed E-state index contributed by atoms with van der Waals surface area (Å²) in [4.78, 5) is 2.35. The molecular weight excluding hydrogens is 237 g/mol. The zero-order chi connectivity index (χ0) is 13.2. The molecule has 1 unspecified atom stereocenters. The summed E-state index contributed by atoms with van der Waals surface area (Å²) in [6.45, 7) is 10.0. The van der Waals surface area contributed by atoms with Crippen LogP contribution < -0.4 is 23.8 Å². The fourth-order valence-corrected chi connectivity index (χ4v) is 2.91. The van der Waals surface area contributed by atoms with E-state index in [9.17, 15) is 0 Å². The van der Waals surface area contributed by atoms with E-state index in [2.05, 4.69) is 66.9 Å². The van der Waals surface area contributed by atoms with Crippen molar-refractivity contribution in [3.63, 3.8) is 0 Å². The van der Waals surface area contributed by atoms with Crippen LogP contribution in [0.2, 0.25) is 0 Å². The quantitative estimate of drug-likeness (QED) is 0.454. The van der Waals surface area contributed by atoms with Gasteiger partial charge in [0, 0.05) is 12.2 Å². The maximum Gasteiger partial charge on any atom is 1.00 e. The van der Waals surface area contributed by atoms with Gasteiger partial charge in [0.2, 0.25) is 0 Å². The number of fused-ring (bicyclic) bond motifs is 1. The van der Waals surface area contributed by atoms with Crippen LogP contribution in [0, 0.1) is 6.92 Å². The van der Waals surface area contributed by atoms with Gasteiger partial charge in [0.05, 0.1) is 0 Å². The van der Waals surface area contributed by atoms with Crippen molar-refractivity contribution in [1.29, 1.82) is 0 Å². The molecule has 0 spiro atoms. The van der Waals surface area contributed by atoms with E-state index in [1.165, 1.54) is 22.4 Å². The van der Waals surface area contributed by atoms with Crippen LogP contribution in [0.3, 0.4) is 0 Å². The summed E-state index contributed by atoms with van der Waals surface area (Å²) >= 11 is 0. The topological polar surface area (TPSA) is 3.24 Å². The first kappa shape index (κ1) is 15.0. The Balaban J connectivity index is 0.00000147. The van der Waals surface area contributed by atoms with Gasteiger partial charge in [-0.15, -0.1) is 12.5 Å². The van der Waals surface area contributed by atoms with E-state index in [1.54, 1.807) is 0 Å². The van der Waals surface area contributed by atoms with Crippen LogP contribution in [0.15, 0.2) is 61.2 Å². The molecule has 0 aromatic heterocycles. The van der Waals surface area contributed by atoms with E-state index in [0.29, 0.717) is 5.92 Å². The molecule has 0 radical (unpaired) electrons. The van der Waals surface area contributed by atoms with Gasteiger partial charge in [-0.25, -0.2) is 0 Å². The van der Waals surface area contributed by atoms with Crippen LogP contribution >= 0.6 is 0 Å². The van der Waals surface area contributed by atoms with Crippen molar-refractivity contribution < 1.29 is 18.9 Å². The zero-order valence-electron chi connectivity index (χ0n) is 12.0. The van der Waals surface area contributed by atoms with Gasteiger partial charge in [0.25, 0.3) is 0 Å². The molecule has 2 aromatic rings. The number of nitrogens with zero attached hydrogens (tertiary/aromatic N) is 1. The Kier molecular flexibility index (Phi) is 4.76. The molecule has 0 aliphatic carbocycles. The molecule has 0 fully saturated rings. The normalized spacial score (nSPS) is 16.4. The van der Waals surface area contributed by atoms with Crippen molar-refractivity contribution >= 4 is 5.69 Å². The maximum atomic E-state index is 4.32. The van der Waals surface area contributed by atoms with E-state index in [-0.39, 0.29) is 18.9 Å². The van der Waals surface area contributed by atoms with Gasteiger partial charge in [-0.3, -0.25) is 0 Å². The first-order chi connectivity index (χ1) is 9.31. The largest absolute Gasteiger partial charge is 1.00 e. The van der Waals surface area contributed by atoms with Gasteiger partial charge in [0.15, 0.2) is 0 Å². The Morgan fingerprint density at radius 3 is 2.60 bits per heavy atom. The molecule has 1 aliphatic heterocycles. The average molecular weight is 255 g/mol. The molecule has 1 atom stereocenters. The number of hydrogen-bond acceptors (Lipinski definition) is 1. The fourth-order valence-electron chi connectivity index (χ4n) is 2.91. The molecule has 0 amide bonds. The fraction of sp³-hybridized carbons (Fsp3) is 0.167. The molecule has 0 saturated heterocycles. The standard InChI is InChI=1S/C18H18N.Li/c1-3-12-19-13-14(2)18-16(10-7-11-17(18)19)15-8-5-4-6-9-15;/h3-11,14H,1-2,12-13H2;/q-1;+1. The Morgan fingerprint density at radius 2 is 1.90 bits per heavy atom. The van der Waals surface area contributed by atoms with Crippen molar-refractivity contribution in [3.8, 4) is 11.1 Å². The second-order valence-electron chi connectivity index (χ2n) is 4.99. The van der Waals surface area contributed by atoms with Gasteiger partial charge < -0.3 is 11.8 Å². The number of hydrogen-bond donors (Lipinski definition) is 0. The second-order valence-corrected chi connectivity index (χ2v) is 4.99. The van der Waals surface area contributed by atoms with Crippen molar-refractivity contribution in [2.24, 2.45) is 0 Å². The van der Waals surface area contributed by atoms with Crippen LogP contribution in [0.4, 0.5) is 5.69 Å². The van der Waals surface area contributed by atoms with E-state index in [0.717, 1.165) is 13.1 Å². The first-order valence-electron chi connectivity index (χ1n) is 6.68. The van der Waals surface area contributed by atoms with E-state index >= 15 is 0 Å². The molecule has 1 nitrogen and oxygen atoms in total. The first-order valence-corrected chi connectivity index (χ1v) is 6.68. The third-order valence-electron chi connectivity index (χ3n) is 3.71. The van der Waals surface area contributed by atoms with Crippen molar-refractivity contribution in [2.75, 3.05) is 18.0 Å². The van der Waals surface area contributed by atoms with Crippen molar-refractivity contribution in [3.05, 3.63) is 73.7 Å². The Hall–Kier alpha value is -1.42. The summed E-state index contributed by atoms with van der Waals surface area (Å²) in [5.74, 6) is 0.325. The Bertz CT molecular complexity index is 592. The summed E-state index contributed by atoms with van der Waals surface area (Å²) in [5, 5.41) is 0. The average Bonchev–Trinajstić information content (AvgIpc) is 2.77. The van der Waals surface area contributed by atoms with Crippen LogP contribution in [0.5, 0.6) is 0 Å². The monoisotopic (exact) mass is 255 g/mol. The van der Waals surface area contributed by atoms with Gasteiger partial charge in [0.1, 0.15) is 0 Å². The second kappa shape index (κ2) is 6.35. The minimum Gasteiger partial charge on any atom is -0.370 e. The minimum absolute atomic E-state index is 0. The van der Waals surface area contributed by atoms with Crippen molar-refractivity contribution in [1.82, 2.24) is 0 Å². The predicted molar refractivity (Wildman–Crippen MR) is 82.4 cm³/mol. The molecule has 2 aromatic carbocycles. The molecule has 2 heteroatoms. The van der Waals surface area contributed by atoms with Gasteiger partial charge in [-0.1, -0.05) is 48.5 Å². The van der Waals surface area contributed by atoms with Crippen LogP contribution in [0.1, 0.15) is 11.5 Å². The molecule has 96 valence electrons. The molecule has 3 rings (SSSR count). The summed E-state index contributed by atoms with van der Waals surface area (Å²) in [5.41, 5.74) is 5.26. The molecule has 1 heterocycles. The molecular formula is C18H18LiN. The van der Waals surface area contributed by atoms with Crippen molar-refractivity contribution in [2.45, 2.75) is 5.92 Å². The predicted octanol–water partition coefficient (Wildman–Crippen LogP) is 1.28. The van der Waals surface area contributed by atoms with Crippen LogP contribution in [-0.4, -0.2) is 13.1 Å². The van der Waals surface area contributed by atoms with Gasteiger partial charge in [-0.05, 0) is 29.3 Å². The number of anilines is 1. The summed E-state index contributed by atoms with van der Waals surface area (Å²) in [6, 6.07) is 17.1. The van der Waals surface area contributed by atoms with E-state index < -0.39 is 0 Å². The minimum atomic E-state index is 0. The number of benzene rings is 2. The molecule has 0 bridgehead atoms. The van der Waals surface area contributed by atoms with E-state index in [1.807, 2.05) is 6.08 Å². The SMILES string of the molecule is C=CCN1CC([CH2-])c2c(-c3ccccc3)cccc21.[Li+].